The highest BCUT2D eigenvalue weighted by molar-refractivity contribution is 5.94. The van der Waals surface area contributed by atoms with Gasteiger partial charge in [-0.3, -0.25) is 9.59 Å². The van der Waals surface area contributed by atoms with Crippen molar-refractivity contribution in [2.24, 2.45) is 13.0 Å². The lowest BCUT2D eigenvalue weighted by Crippen LogP contribution is -2.34. The number of imidazole rings is 1. The maximum atomic E-state index is 13.9. The van der Waals surface area contributed by atoms with E-state index >= 15 is 0 Å². The lowest BCUT2D eigenvalue weighted by Gasteiger charge is -2.24. The summed E-state index contributed by atoms with van der Waals surface area (Å²) < 4.78 is 15.7. The first kappa shape index (κ1) is 17.1. The van der Waals surface area contributed by atoms with Crippen LogP contribution in [0.4, 0.5) is 4.39 Å². The molecule has 2 heterocycles. The van der Waals surface area contributed by atoms with Gasteiger partial charge in [0.1, 0.15) is 11.6 Å². The Bertz CT molecular complexity index is 817. The quantitative estimate of drug-likeness (QED) is 0.920. The number of hydrogen-bond donors (Lipinski definition) is 1. The summed E-state index contributed by atoms with van der Waals surface area (Å²) in [5.41, 5.74) is 0.833. The Kier molecular flexibility index (Phi) is 4.57. The number of likely N-dealkylation sites (tertiary alicyclic amines) is 1. The van der Waals surface area contributed by atoms with Crippen LogP contribution in [0.15, 0.2) is 30.6 Å². The average Bonchev–Trinajstić information content (AvgIpc) is 3.11. The molecule has 0 saturated carbocycles. The molecule has 1 N–H and O–H groups in total. The van der Waals surface area contributed by atoms with E-state index < -0.39 is 11.7 Å². The zero-order valence-electron chi connectivity index (χ0n) is 14.5. The van der Waals surface area contributed by atoms with E-state index in [9.17, 15) is 14.0 Å². The van der Waals surface area contributed by atoms with Crippen LogP contribution in [0.5, 0.6) is 0 Å². The summed E-state index contributed by atoms with van der Waals surface area (Å²) >= 11 is 0. The summed E-state index contributed by atoms with van der Waals surface area (Å²) in [6.07, 6.45) is 3.83. The van der Waals surface area contributed by atoms with Crippen LogP contribution < -0.4 is 5.32 Å². The van der Waals surface area contributed by atoms with E-state index in [1.807, 2.05) is 17.8 Å². The molecule has 0 aliphatic carbocycles. The number of carbonyl (C=O) groups is 2. The minimum Gasteiger partial charge on any atom is -0.352 e. The number of nitrogens with zero attached hydrogens (tertiary/aromatic N) is 3. The van der Waals surface area contributed by atoms with Gasteiger partial charge in [0.25, 0.3) is 5.91 Å². The zero-order valence-corrected chi connectivity index (χ0v) is 14.5. The number of rotatable bonds is 4. The van der Waals surface area contributed by atoms with Crippen LogP contribution in [0.25, 0.3) is 0 Å². The van der Waals surface area contributed by atoms with E-state index in [0.717, 1.165) is 11.4 Å². The van der Waals surface area contributed by atoms with E-state index in [1.165, 1.54) is 12.1 Å². The summed E-state index contributed by atoms with van der Waals surface area (Å²) in [5.74, 6) is -0.357. The fourth-order valence-electron chi connectivity index (χ4n) is 3.31. The number of aryl methyl sites for hydroxylation is 2. The maximum absolute atomic E-state index is 13.9. The molecule has 0 unspecified atom stereocenters. The second kappa shape index (κ2) is 6.66. The Morgan fingerprint density at radius 3 is 2.84 bits per heavy atom. The highest BCUT2D eigenvalue weighted by Gasteiger charge is 2.40. The maximum Gasteiger partial charge on any atom is 0.254 e. The lowest BCUT2D eigenvalue weighted by molar-refractivity contribution is -0.127. The highest BCUT2D eigenvalue weighted by atomic mass is 19.1. The summed E-state index contributed by atoms with van der Waals surface area (Å²) in [5, 5.41) is 2.77. The van der Waals surface area contributed by atoms with Gasteiger partial charge in [-0.05, 0) is 19.1 Å². The molecule has 2 atom stereocenters. The first-order chi connectivity index (χ1) is 11.9. The van der Waals surface area contributed by atoms with Gasteiger partial charge < -0.3 is 14.8 Å². The summed E-state index contributed by atoms with van der Waals surface area (Å²) in [4.78, 5) is 30.5. The van der Waals surface area contributed by atoms with Gasteiger partial charge in [-0.1, -0.05) is 11.6 Å². The van der Waals surface area contributed by atoms with Gasteiger partial charge in [0, 0.05) is 45.4 Å². The molecular formula is C18H21FN4O2. The Balaban J connectivity index is 1.75. The number of benzene rings is 1. The smallest absolute Gasteiger partial charge is 0.254 e. The molecule has 2 amide bonds. The fraction of sp³-hybridized carbons (Fsp3) is 0.389. The number of aromatic nitrogens is 2. The Hall–Kier alpha value is -2.70. The second-order valence-electron chi connectivity index (χ2n) is 6.50. The third kappa shape index (κ3) is 3.26. The van der Waals surface area contributed by atoms with Crippen molar-refractivity contribution < 1.29 is 14.0 Å². The molecule has 2 aromatic rings. The average molecular weight is 344 g/mol. The number of hydrogen-bond acceptors (Lipinski definition) is 3. The molecule has 132 valence electrons. The van der Waals surface area contributed by atoms with Crippen molar-refractivity contribution in [2.75, 3.05) is 13.6 Å². The normalized spacial score (nSPS) is 20.2. The van der Waals surface area contributed by atoms with Gasteiger partial charge in [0.2, 0.25) is 5.91 Å². The van der Waals surface area contributed by atoms with E-state index in [2.05, 4.69) is 10.3 Å². The van der Waals surface area contributed by atoms with Crippen molar-refractivity contribution in [3.8, 4) is 0 Å². The molecule has 7 heteroatoms. The topological polar surface area (TPSA) is 67.2 Å². The van der Waals surface area contributed by atoms with Crippen LogP contribution in [-0.4, -0.2) is 39.9 Å². The third-order valence-corrected chi connectivity index (χ3v) is 4.71. The van der Waals surface area contributed by atoms with Gasteiger partial charge >= 0.3 is 0 Å². The van der Waals surface area contributed by atoms with Crippen LogP contribution in [0.1, 0.15) is 34.2 Å². The van der Waals surface area contributed by atoms with Crippen molar-refractivity contribution >= 4 is 11.8 Å². The van der Waals surface area contributed by atoms with Crippen LogP contribution in [-0.2, 0) is 11.8 Å². The SMILES string of the molecule is Cc1ccc(F)c(C(=O)NC[C@@H]2CC(=O)N(C)[C@H]2c2nccn2C)c1. The molecule has 0 radical (unpaired) electrons. The van der Waals surface area contributed by atoms with Gasteiger partial charge in [-0.15, -0.1) is 0 Å². The Labute approximate surface area is 145 Å². The van der Waals surface area contributed by atoms with Gasteiger partial charge in [-0.2, -0.15) is 0 Å². The van der Waals surface area contributed by atoms with Crippen LogP contribution in [0.2, 0.25) is 0 Å². The summed E-state index contributed by atoms with van der Waals surface area (Å²) in [7, 11) is 3.61. The third-order valence-electron chi connectivity index (χ3n) is 4.71. The van der Waals surface area contributed by atoms with E-state index in [1.54, 1.807) is 31.1 Å². The summed E-state index contributed by atoms with van der Waals surface area (Å²) in [6, 6.07) is 4.21. The van der Waals surface area contributed by atoms with Gasteiger partial charge in [0.05, 0.1) is 11.6 Å². The van der Waals surface area contributed by atoms with Crippen molar-refractivity contribution in [1.82, 2.24) is 19.8 Å². The molecule has 1 aromatic heterocycles. The Morgan fingerprint density at radius 1 is 1.40 bits per heavy atom. The van der Waals surface area contributed by atoms with E-state index in [-0.39, 0.29) is 30.0 Å². The molecule has 0 bridgehead atoms. The van der Waals surface area contributed by atoms with Crippen LogP contribution >= 0.6 is 0 Å². The molecule has 3 rings (SSSR count). The first-order valence-electron chi connectivity index (χ1n) is 8.15. The predicted molar refractivity (Wildman–Crippen MR) is 90.3 cm³/mol. The number of carbonyl (C=O) groups excluding carboxylic acids is 2. The van der Waals surface area contributed by atoms with E-state index in [4.69, 9.17) is 0 Å². The van der Waals surface area contributed by atoms with Gasteiger partial charge in [-0.25, -0.2) is 9.37 Å². The van der Waals surface area contributed by atoms with Crippen LogP contribution in [0.3, 0.4) is 0 Å². The van der Waals surface area contributed by atoms with Crippen molar-refractivity contribution in [3.63, 3.8) is 0 Å². The lowest BCUT2D eigenvalue weighted by atomic mass is 9.99. The standard InChI is InChI=1S/C18H21FN4O2/c1-11-4-5-14(19)13(8-11)18(25)21-10-12-9-15(24)23(3)16(12)17-20-6-7-22(17)2/h4-8,12,16H,9-10H2,1-3H3,(H,21,25)/t12-,16+/m0/s1. The molecule has 1 aliphatic heterocycles. The molecule has 0 spiro atoms. The first-order valence-corrected chi connectivity index (χ1v) is 8.15. The molecular weight excluding hydrogens is 323 g/mol. The molecule has 1 saturated heterocycles. The minimum atomic E-state index is -0.552. The highest BCUT2D eigenvalue weighted by Crippen LogP contribution is 2.35. The molecule has 1 fully saturated rings. The molecule has 1 aromatic carbocycles. The molecule has 25 heavy (non-hydrogen) atoms. The number of nitrogens with one attached hydrogen (secondary N) is 1. The molecule has 6 nitrogen and oxygen atoms in total. The Morgan fingerprint density at radius 2 is 2.16 bits per heavy atom. The van der Waals surface area contributed by atoms with Gasteiger partial charge in [0.15, 0.2) is 0 Å². The van der Waals surface area contributed by atoms with Crippen molar-refractivity contribution in [1.29, 1.82) is 0 Å². The minimum absolute atomic E-state index is 0.00832. The van der Waals surface area contributed by atoms with Crippen molar-refractivity contribution in [3.05, 3.63) is 53.4 Å². The second-order valence-corrected chi connectivity index (χ2v) is 6.50. The number of amides is 2. The predicted octanol–water partition coefficient (Wildman–Crippen LogP) is 1.82. The van der Waals surface area contributed by atoms with Crippen LogP contribution in [0, 0.1) is 18.7 Å². The summed E-state index contributed by atoms with van der Waals surface area (Å²) in [6.45, 7) is 2.08. The molecule has 1 aliphatic rings. The largest absolute Gasteiger partial charge is 0.352 e. The monoisotopic (exact) mass is 344 g/mol. The van der Waals surface area contributed by atoms with E-state index in [0.29, 0.717) is 6.42 Å². The number of halogens is 1. The zero-order chi connectivity index (χ0) is 18.1. The van der Waals surface area contributed by atoms with Crippen molar-refractivity contribution in [2.45, 2.75) is 19.4 Å². The fourth-order valence-corrected chi connectivity index (χ4v) is 3.31.